The van der Waals surface area contributed by atoms with Crippen molar-refractivity contribution in [2.75, 3.05) is 0 Å². The number of halogens is 1. The minimum absolute atomic E-state index is 0.333. The van der Waals surface area contributed by atoms with Gasteiger partial charge in [-0.1, -0.05) is 54.1 Å². The van der Waals surface area contributed by atoms with Crippen LogP contribution in [0.5, 0.6) is 0 Å². The summed E-state index contributed by atoms with van der Waals surface area (Å²) in [5.41, 5.74) is 1.81. The van der Waals surface area contributed by atoms with E-state index < -0.39 is 5.60 Å². The van der Waals surface area contributed by atoms with Crippen LogP contribution in [-0.2, 0) is 5.60 Å². The van der Waals surface area contributed by atoms with E-state index in [0.29, 0.717) is 17.9 Å². The van der Waals surface area contributed by atoms with E-state index in [4.69, 9.17) is 16.9 Å². The number of rotatable bonds is 4. The van der Waals surface area contributed by atoms with Crippen molar-refractivity contribution in [3.05, 3.63) is 59.1 Å². The average molecular weight is 286 g/mol. The summed E-state index contributed by atoms with van der Waals surface area (Å²) in [5, 5.41) is 19.7. The molecule has 2 nitrogen and oxygen atoms in total. The second kappa shape index (κ2) is 6.09. The molecule has 20 heavy (non-hydrogen) atoms. The number of benzene rings is 2. The first-order valence-electron chi connectivity index (χ1n) is 6.49. The molecule has 2 aromatic carbocycles. The summed E-state index contributed by atoms with van der Waals surface area (Å²) >= 11 is 6.17. The van der Waals surface area contributed by atoms with Crippen molar-refractivity contribution < 1.29 is 5.11 Å². The first-order chi connectivity index (χ1) is 9.54. The molecule has 0 aliphatic rings. The highest BCUT2D eigenvalue weighted by atomic mass is 35.5. The molecule has 0 bridgehead atoms. The van der Waals surface area contributed by atoms with Crippen molar-refractivity contribution in [3.63, 3.8) is 0 Å². The highest BCUT2D eigenvalue weighted by Crippen LogP contribution is 2.31. The van der Waals surface area contributed by atoms with Crippen molar-refractivity contribution in [1.82, 2.24) is 0 Å². The molecule has 1 unspecified atom stereocenters. The van der Waals surface area contributed by atoms with Crippen molar-refractivity contribution >= 4 is 11.6 Å². The van der Waals surface area contributed by atoms with Crippen molar-refractivity contribution in [1.29, 1.82) is 5.26 Å². The number of nitriles is 1. The summed E-state index contributed by atoms with van der Waals surface area (Å²) in [7, 11) is 0. The smallest absolute Gasteiger partial charge is 0.0878 e. The van der Waals surface area contributed by atoms with Gasteiger partial charge in [-0.15, -0.1) is 0 Å². The quantitative estimate of drug-likeness (QED) is 0.897. The number of nitrogens with zero attached hydrogens (tertiary/aromatic N) is 1. The third kappa shape index (κ3) is 3.19. The van der Waals surface area contributed by atoms with Gasteiger partial charge >= 0.3 is 0 Å². The average Bonchev–Trinajstić information content (AvgIpc) is 2.46. The second-order valence-corrected chi connectivity index (χ2v) is 5.40. The molecule has 2 rings (SSSR count). The van der Waals surface area contributed by atoms with E-state index >= 15 is 0 Å². The Kier molecular flexibility index (Phi) is 4.44. The molecule has 1 atom stereocenters. The Morgan fingerprint density at radius 1 is 1.15 bits per heavy atom. The zero-order valence-electron chi connectivity index (χ0n) is 11.3. The Bertz CT molecular complexity index is 626. The van der Waals surface area contributed by atoms with Crippen molar-refractivity contribution in [2.24, 2.45) is 0 Å². The summed E-state index contributed by atoms with van der Waals surface area (Å²) in [6, 6.07) is 17.4. The van der Waals surface area contributed by atoms with Crippen molar-refractivity contribution in [2.45, 2.75) is 25.4 Å². The van der Waals surface area contributed by atoms with Gasteiger partial charge in [0.05, 0.1) is 11.7 Å². The number of hydrogen-bond donors (Lipinski definition) is 1. The summed E-state index contributed by atoms with van der Waals surface area (Å²) in [6.45, 7) is 1.73. The van der Waals surface area contributed by atoms with E-state index in [-0.39, 0.29) is 0 Å². The third-order valence-electron chi connectivity index (χ3n) is 3.42. The molecule has 0 saturated heterocycles. The molecule has 0 aromatic heterocycles. The van der Waals surface area contributed by atoms with E-state index in [9.17, 15) is 5.11 Å². The van der Waals surface area contributed by atoms with Gasteiger partial charge < -0.3 is 5.11 Å². The monoisotopic (exact) mass is 285 g/mol. The van der Waals surface area contributed by atoms with Crippen LogP contribution in [0.15, 0.2) is 48.5 Å². The molecule has 0 saturated carbocycles. The third-order valence-corrected chi connectivity index (χ3v) is 3.74. The van der Waals surface area contributed by atoms with E-state index in [1.165, 1.54) is 0 Å². The molecule has 0 aliphatic carbocycles. The fourth-order valence-corrected chi connectivity index (χ4v) is 2.39. The topological polar surface area (TPSA) is 44.0 Å². The fourth-order valence-electron chi connectivity index (χ4n) is 2.15. The molecule has 2 aromatic rings. The first-order valence-corrected chi connectivity index (χ1v) is 6.87. The number of hydrogen-bond acceptors (Lipinski definition) is 2. The van der Waals surface area contributed by atoms with E-state index in [2.05, 4.69) is 6.07 Å². The van der Waals surface area contributed by atoms with Crippen LogP contribution in [-0.4, -0.2) is 5.11 Å². The molecule has 0 aliphatic heterocycles. The molecule has 3 heteroatoms. The van der Waals surface area contributed by atoms with Gasteiger partial charge in [-0.3, -0.25) is 0 Å². The molecule has 0 amide bonds. The van der Waals surface area contributed by atoms with Gasteiger partial charge in [0.2, 0.25) is 0 Å². The zero-order chi connectivity index (χ0) is 14.6. The lowest BCUT2D eigenvalue weighted by Gasteiger charge is -2.23. The Labute approximate surface area is 124 Å². The predicted octanol–water partition coefficient (Wildman–Crippen LogP) is 4.52. The Morgan fingerprint density at radius 3 is 2.40 bits per heavy atom. The molecular weight excluding hydrogens is 270 g/mol. The minimum Gasteiger partial charge on any atom is -0.385 e. The van der Waals surface area contributed by atoms with E-state index in [1.807, 2.05) is 48.5 Å². The van der Waals surface area contributed by atoms with Crippen molar-refractivity contribution in [3.8, 4) is 17.2 Å². The molecule has 0 fully saturated rings. The Morgan fingerprint density at radius 2 is 1.80 bits per heavy atom. The number of aliphatic hydroxyl groups is 1. The summed E-state index contributed by atoms with van der Waals surface area (Å²) < 4.78 is 0. The van der Waals surface area contributed by atoms with Crippen LogP contribution in [0.1, 0.15) is 25.3 Å². The van der Waals surface area contributed by atoms with Crippen LogP contribution in [0.3, 0.4) is 0 Å². The van der Waals surface area contributed by atoms with Crippen LogP contribution in [0, 0.1) is 11.3 Å². The minimum atomic E-state index is -0.977. The first kappa shape index (κ1) is 14.6. The summed E-state index contributed by atoms with van der Waals surface area (Å²) in [4.78, 5) is 0. The van der Waals surface area contributed by atoms with Gasteiger partial charge in [-0.2, -0.15) is 5.26 Å². The maximum atomic E-state index is 10.4. The van der Waals surface area contributed by atoms with Gasteiger partial charge in [0.25, 0.3) is 0 Å². The van der Waals surface area contributed by atoms with Gasteiger partial charge in [0.1, 0.15) is 0 Å². The standard InChI is InChI=1S/C17H16ClNO/c1-17(20,11-4-12-19)14-9-7-13(8-10-14)15-5-2-3-6-16(15)18/h2-3,5-10,20H,4,11H2,1H3. The van der Waals surface area contributed by atoms with Gasteiger partial charge in [-0.05, 0) is 30.5 Å². The lowest BCUT2D eigenvalue weighted by Crippen LogP contribution is -2.20. The highest BCUT2D eigenvalue weighted by Gasteiger charge is 2.22. The van der Waals surface area contributed by atoms with E-state index in [1.54, 1.807) is 6.92 Å². The molecule has 102 valence electrons. The lowest BCUT2D eigenvalue weighted by molar-refractivity contribution is 0.0492. The largest absolute Gasteiger partial charge is 0.385 e. The molecule has 1 N–H and O–H groups in total. The molecule has 0 heterocycles. The fraction of sp³-hybridized carbons (Fsp3) is 0.235. The Hall–Kier alpha value is -1.82. The van der Waals surface area contributed by atoms with Gasteiger partial charge in [0, 0.05) is 17.0 Å². The van der Waals surface area contributed by atoms with Crippen LogP contribution in [0.4, 0.5) is 0 Å². The maximum Gasteiger partial charge on any atom is 0.0878 e. The summed E-state index contributed by atoms with van der Waals surface area (Å²) in [5.74, 6) is 0. The van der Waals surface area contributed by atoms with Crippen LogP contribution >= 0.6 is 11.6 Å². The lowest BCUT2D eigenvalue weighted by atomic mass is 9.90. The van der Waals surface area contributed by atoms with Gasteiger partial charge in [-0.25, -0.2) is 0 Å². The maximum absolute atomic E-state index is 10.4. The Balaban J connectivity index is 2.27. The van der Waals surface area contributed by atoms with Gasteiger partial charge in [0.15, 0.2) is 0 Å². The normalized spacial score (nSPS) is 13.5. The highest BCUT2D eigenvalue weighted by molar-refractivity contribution is 6.33. The summed E-state index contributed by atoms with van der Waals surface area (Å²) in [6.07, 6.45) is 0.758. The zero-order valence-corrected chi connectivity index (χ0v) is 12.1. The molecule has 0 radical (unpaired) electrons. The van der Waals surface area contributed by atoms with Crippen LogP contribution in [0.2, 0.25) is 5.02 Å². The molecular formula is C17H16ClNO. The SMILES string of the molecule is CC(O)(CCC#N)c1ccc(-c2ccccc2Cl)cc1. The van der Waals surface area contributed by atoms with Crippen LogP contribution < -0.4 is 0 Å². The van der Waals surface area contributed by atoms with Crippen LogP contribution in [0.25, 0.3) is 11.1 Å². The van der Waals surface area contributed by atoms with E-state index in [0.717, 1.165) is 16.7 Å². The molecule has 0 spiro atoms. The predicted molar refractivity (Wildman–Crippen MR) is 81.3 cm³/mol. The second-order valence-electron chi connectivity index (χ2n) is 4.99.